The zero-order valence-corrected chi connectivity index (χ0v) is 24.7. The van der Waals surface area contributed by atoms with Gasteiger partial charge < -0.3 is 14.4 Å². The molecule has 2 heterocycles. The molecule has 0 unspecified atom stereocenters. The van der Waals surface area contributed by atoms with Crippen LogP contribution < -0.4 is 9.04 Å². The number of carbonyl (C=O) groups excluding carboxylic acids is 1. The third-order valence-corrected chi connectivity index (χ3v) is 9.22. The van der Waals surface area contributed by atoms with Gasteiger partial charge in [-0.25, -0.2) is 31.3 Å². The van der Waals surface area contributed by atoms with Crippen LogP contribution >= 0.6 is 23.1 Å². The van der Waals surface area contributed by atoms with Crippen LogP contribution in [0.15, 0.2) is 47.6 Å². The molecule has 0 N–H and O–H groups in total. The molecule has 2 atom stereocenters. The number of sulfonamides is 1. The Bertz CT molecular complexity index is 1450. The van der Waals surface area contributed by atoms with Crippen LogP contribution in [0.4, 0.5) is 18.7 Å². The minimum atomic E-state index is -4.51. The van der Waals surface area contributed by atoms with E-state index in [0.717, 1.165) is 33.8 Å². The van der Waals surface area contributed by atoms with E-state index < -0.39 is 44.0 Å². The van der Waals surface area contributed by atoms with Crippen LogP contribution in [0.25, 0.3) is 0 Å². The quantitative estimate of drug-likeness (QED) is 0.336. The highest BCUT2D eigenvalue weighted by atomic mass is 35.5. The lowest BCUT2D eigenvalue weighted by Crippen LogP contribution is -2.46. The molecular weight excluding hydrogens is 586 g/mol. The van der Waals surface area contributed by atoms with Gasteiger partial charge in [-0.2, -0.15) is 4.37 Å². The van der Waals surface area contributed by atoms with E-state index in [1.54, 1.807) is 37.8 Å². The number of ether oxygens (including phenoxy) is 2. The fourth-order valence-electron chi connectivity index (χ4n) is 4.43. The maximum atomic E-state index is 15.5. The highest BCUT2D eigenvalue weighted by Crippen LogP contribution is 2.36. The summed E-state index contributed by atoms with van der Waals surface area (Å²) < 4.78 is 72.0. The molecule has 2 aromatic carbocycles. The van der Waals surface area contributed by atoms with Crippen molar-refractivity contribution in [2.75, 3.05) is 31.0 Å². The van der Waals surface area contributed by atoms with Crippen molar-refractivity contribution in [3.05, 3.63) is 64.9 Å². The number of benzene rings is 2. The van der Waals surface area contributed by atoms with Crippen LogP contribution in [0.3, 0.4) is 0 Å². The number of piperidine rings is 1. The van der Waals surface area contributed by atoms with Crippen molar-refractivity contribution in [3.63, 3.8) is 0 Å². The molecule has 1 amide bonds. The molecule has 0 saturated carbocycles. The molecule has 1 aliphatic heterocycles. The molecule has 9 nitrogen and oxygen atoms in total. The van der Waals surface area contributed by atoms with E-state index >= 15 is 4.39 Å². The zero-order valence-electron chi connectivity index (χ0n) is 22.3. The molecule has 1 fully saturated rings. The van der Waals surface area contributed by atoms with Gasteiger partial charge in [0.15, 0.2) is 11.6 Å². The van der Waals surface area contributed by atoms with E-state index in [1.807, 2.05) is 12.1 Å². The van der Waals surface area contributed by atoms with Gasteiger partial charge in [0.1, 0.15) is 22.6 Å². The van der Waals surface area contributed by atoms with Gasteiger partial charge in [-0.05, 0) is 56.9 Å². The molecule has 0 aliphatic carbocycles. The van der Waals surface area contributed by atoms with E-state index in [4.69, 9.17) is 21.1 Å². The summed E-state index contributed by atoms with van der Waals surface area (Å²) in [4.78, 5) is 17.3. The first kappa shape index (κ1) is 29.9. The minimum Gasteiger partial charge on any atom is -0.490 e. The summed E-state index contributed by atoms with van der Waals surface area (Å²) in [5.41, 5.74) is 0.258. The maximum absolute atomic E-state index is 15.5. The van der Waals surface area contributed by atoms with E-state index in [1.165, 1.54) is 7.05 Å². The Labute approximate surface area is 240 Å². The van der Waals surface area contributed by atoms with Crippen LogP contribution in [0.2, 0.25) is 5.02 Å². The van der Waals surface area contributed by atoms with Crippen molar-refractivity contribution in [1.29, 1.82) is 0 Å². The summed E-state index contributed by atoms with van der Waals surface area (Å²) >= 11 is 6.85. The van der Waals surface area contributed by atoms with Crippen molar-refractivity contribution in [1.82, 2.24) is 14.3 Å². The summed E-state index contributed by atoms with van der Waals surface area (Å²) in [5.74, 6) is -3.24. The van der Waals surface area contributed by atoms with Gasteiger partial charge in [-0.3, -0.25) is 0 Å². The maximum Gasteiger partial charge on any atom is 0.410 e. The van der Waals surface area contributed by atoms with Gasteiger partial charge in [0, 0.05) is 48.7 Å². The zero-order chi connectivity index (χ0) is 29.2. The van der Waals surface area contributed by atoms with E-state index in [0.29, 0.717) is 24.1 Å². The highest BCUT2D eigenvalue weighted by Gasteiger charge is 2.36. The number of carbonyl (C=O) groups is 1. The summed E-state index contributed by atoms with van der Waals surface area (Å²) in [7, 11) is -3.34. The Kier molecular flexibility index (Phi) is 8.86. The van der Waals surface area contributed by atoms with Crippen molar-refractivity contribution in [2.45, 2.75) is 43.6 Å². The predicted molar refractivity (Wildman–Crippen MR) is 147 cm³/mol. The van der Waals surface area contributed by atoms with Gasteiger partial charge in [0.2, 0.25) is 5.13 Å². The lowest BCUT2D eigenvalue weighted by molar-refractivity contribution is 0.0110. The number of rotatable bonds is 7. The SMILES string of the molecule is CN(c1ncns1)S(=O)(=O)c1cc(F)cc(OC[C@H]2CN(C(=O)OC(C)(C)C)CC[C@@H]2c2ccc(Cl)cc2)c1F. The van der Waals surface area contributed by atoms with Crippen molar-refractivity contribution < 1.29 is 31.5 Å². The molecule has 216 valence electrons. The topological polar surface area (TPSA) is 102 Å². The van der Waals surface area contributed by atoms with E-state index in [-0.39, 0.29) is 30.1 Å². The second-order valence-electron chi connectivity index (χ2n) is 10.4. The van der Waals surface area contributed by atoms with Gasteiger partial charge in [0.05, 0.1) is 6.61 Å². The fourth-order valence-corrected chi connectivity index (χ4v) is 6.48. The normalized spacial score (nSPS) is 17.9. The molecule has 0 spiro atoms. The second-order valence-corrected chi connectivity index (χ2v) is 13.5. The first-order valence-electron chi connectivity index (χ1n) is 12.4. The predicted octanol–water partition coefficient (Wildman–Crippen LogP) is 5.71. The number of nitrogens with zero attached hydrogens (tertiary/aromatic N) is 4. The lowest BCUT2D eigenvalue weighted by atomic mass is 9.81. The molecule has 0 bridgehead atoms. The summed E-state index contributed by atoms with van der Waals surface area (Å²) in [6.07, 6.45) is 1.23. The Balaban J connectivity index is 1.60. The van der Waals surface area contributed by atoms with Crippen molar-refractivity contribution >= 4 is 44.4 Å². The second kappa shape index (κ2) is 11.8. The molecule has 1 aromatic heterocycles. The number of hydrogen-bond donors (Lipinski definition) is 0. The fraction of sp³-hybridized carbons (Fsp3) is 0.423. The van der Waals surface area contributed by atoms with Crippen LogP contribution in [0.5, 0.6) is 5.75 Å². The number of aromatic nitrogens is 2. The Hall–Kier alpha value is -3.03. The molecular formula is C26H29ClF2N4O5S2. The lowest BCUT2D eigenvalue weighted by Gasteiger charge is -2.39. The average Bonchev–Trinajstić information content (AvgIpc) is 3.43. The Morgan fingerprint density at radius 2 is 1.93 bits per heavy atom. The average molecular weight is 615 g/mol. The first-order chi connectivity index (χ1) is 18.8. The Morgan fingerprint density at radius 3 is 2.55 bits per heavy atom. The van der Waals surface area contributed by atoms with Crippen LogP contribution in [-0.2, 0) is 14.8 Å². The highest BCUT2D eigenvalue weighted by molar-refractivity contribution is 7.93. The number of hydrogen-bond acceptors (Lipinski definition) is 8. The molecule has 1 saturated heterocycles. The van der Waals surface area contributed by atoms with E-state index in [2.05, 4.69) is 9.36 Å². The number of likely N-dealkylation sites (tertiary alicyclic amines) is 1. The molecule has 4 rings (SSSR count). The molecule has 14 heteroatoms. The monoisotopic (exact) mass is 614 g/mol. The van der Waals surface area contributed by atoms with Gasteiger partial charge >= 0.3 is 6.09 Å². The number of anilines is 1. The summed E-state index contributed by atoms with van der Waals surface area (Å²) in [6.45, 7) is 5.84. The van der Waals surface area contributed by atoms with Crippen LogP contribution in [-0.4, -0.2) is 61.1 Å². The number of amides is 1. The van der Waals surface area contributed by atoms with Gasteiger partial charge in [0.25, 0.3) is 10.0 Å². The molecule has 1 aliphatic rings. The summed E-state index contributed by atoms with van der Waals surface area (Å²) in [5, 5.41) is 0.554. The Morgan fingerprint density at radius 1 is 1.23 bits per heavy atom. The van der Waals surface area contributed by atoms with Crippen LogP contribution in [0, 0.1) is 17.6 Å². The standard InChI is InChI=1S/C26H29ClF2N4O5S2/c1-26(2,3)38-25(34)33-10-9-20(16-5-7-18(27)8-6-16)17(13-33)14-37-21-11-19(28)12-22(23(21)29)40(35,36)32(4)24-30-15-31-39-24/h5-8,11-12,15,17,20H,9-10,13-14H2,1-4H3/t17-,20-/m1/s1. The van der Waals surface area contributed by atoms with E-state index in [9.17, 15) is 17.6 Å². The third-order valence-electron chi connectivity index (χ3n) is 6.36. The first-order valence-corrected chi connectivity index (χ1v) is 15.0. The number of halogens is 3. The smallest absolute Gasteiger partial charge is 0.410 e. The van der Waals surface area contributed by atoms with Gasteiger partial charge in [-0.1, -0.05) is 23.7 Å². The minimum absolute atomic E-state index is 0.0126. The largest absolute Gasteiger partial charge is 0.490 e. The summed E-state index contributed by atoms with van der Waals surface area (Å²) in [6, 6.07) is 8.65. The third kappa shape index (κ3) is 6.81. The molecule has 40 heavy (non-hydrogen) atoms. The molecule has 3 aromatic rings. The van der Waals surface area contributed by atoms with Crippen molar-refractivity contribution in [2.24, 2.45) is 5.92 Å². The van der Waals surface area contributed by atoms with Crippen LogP contribution in [0.1, 0.15) is 38.7 Å². The van der Waals surface area contributed by atoms with Gasteiger partial charge in [-0.15, -0.1) is 0 Å². The molecule has 0 radical (unpaired) electrons. The van der Waals surface area contributed by atoms with Crippen molar-refractivity contribution in [3.8, 4) is 5.75 Å².